The Kier molecular flexibility index (Phi) is 3.15. The zero-order valence-corrected chi connectivity index (χ0v) is 13.6. The first kappa shape index (κ1) is 13.9. The molecule has 0 bridgehead atoms. The highest BCUT2D eigenvalue weighted by molar-refractivity contribution is 6.01. The Morgan fingerprint density at radius 2 is 2.00 bits per heavy atom. The molecule has 23 heavy (non-hydrogen) atoms. The molecule has 0 atom stereocenters. The zero-order chi connectivity index (χ0) is 16.0. The van der Waals surface area contributed by atoms with Gasteiger partial charge in [-0.2, -0.15) is 0 Å². The highest BCUT2D eigenvalue weighted by Crippen LogP contribution is 2.40. The maximum atomic E-state index is 4.08. The summed E-state index contributed by atoms with van der Waals surface area (Å²) in [4.78, 5) is 0. The standard InChI is InChI=1S/C20H21N3/c1-13-7-8-15-17(12-23(3)19(15)11-13)16-5-4-6-18-20(16)21-10-9-14(2)22-18/h4-8,11-12,21-22H,2,9-10H2,1,3H3. The number of hydrogen-bond acceptors (Lipinski definition) is 2. The average molecular weight is 303 g/mol. The lowest BCUT2D eigenvalue weighted by atomic mass is 10.0. The van der Waals surface area contributed by atoms with Crippen molar-refractivity contribution < 1.29 is 0 Å². The number of anilines is 2. The molecule has 3 aromatic rings. The molecule has 4 rings (SSSR count). The summed E-state index contributed by atoms with van der Waals surface area (Å²) in [7, 11) is 2.11. The molecule has 0 saturated heterocycles. The van der Waals surface area contributed by atoms with Crippen LogP contribution >= 0.6 is 0 Å². The number of hydrogen-bond donors (Lipinski definition) is 2. The number of aromatic nitrogens is 1. The fourth-order valence-electron chi connectivity index (χ4n) is 3.37. The first-order valence-electron chi connectivity index (χ1n) is 8.01. The molecular weight excluding hydrogens is 282 g/mol. The zero-order valence-electron chi connectivity index (χ0n) is 13.6. The van der Waals surface area contributed by atoms with E-state index in [1.165, 1.54) is 33.3 Å². The third-order valence-electron chi connectivity index (χ3n) is 4.54. The summed E-state index contributed by atoms with van der Waals surface area (Å²) in [5.74, 6) is 0. The molecule has 1 aromatic heterocycles. The summed E-state index contributed by atoms with van der Waals surface area (Å²) >= 11 is 0. The summed E-state index contributed by atoms with van der Waals surface area (Å²) in [5, 5.41) is 8.30. The maximum absolute atomic E-state index is 4.08. The summed E-state index contributed by atoms with van der Waals surface area (Å²) < 4.78 is 2.21. The number of aryl methyl sites for hydroxylation is 2. The minimum Gasteiger partial charge on any atom is -0.382 e. The van der Waals surface area contributed by atoms with E-state index in [2.05, 4.69) is 78.3 Å². The predicted octanol–water partition coefficient (Wildman–Crippen LogP) is 4.89. The molecule has 116 valence electrons. The van der Waals surface area contributed by atoms with Crippen molar-refractivity contribution >= 4 is 22.3 Å². The van der Waals surface area contributed by atoms with Gasteiger partial charge in [0.15, 0.2) is 0 Å². The molecule has 3 nitrogen and oxygen atoms in total. The predicted molar refractivity (Wildman–Crippen MR) is 99.0 cm³/mol. The van der Waals surface area contributed by atoms with Gasteiger partial charge in [-0.05, 0) is 24.6 Å². The number of nitrogens with zero attached hydrogens (tertiary/aromatic N) is 1. The van der Waals surface area contributed by atoms with Crippen LogP contribution in [0.15, 0.2) is 54.9 Å². The minimum absolute atomic E-state index is 0.903. The molecule has 3 heteroatoms. The van der Waals surface area contributed by atoms with E-state index in [0.717, 1.165) is 24.4 Å². The van der Waals surface area contributed by atoms with Gasteiger partial charge in [-0.25, -0.2) is 0 Å². The van der Waals surface area contributed by atoms with E-state index in [4.69, 9.17) is 0 Å². The first-order valence-corrected chi connectivity index (χ1v) is 8.01. The van der Waals surface area contributed by atoms with Crippen molar-refractivity contribution in [2.75, 3.05) is 17.2 Å². The Morgan fingerprint density at radius 3 is 2.87 bits per heavy atom. The van der Waals surface area contributed by atoms with Crippen LogP contribution < -0.4 is 10.6 Å². The van der Waals surface area contributed by atoms with Crippen LogP contribution in [0.1, 0.15) is 12.0 Å². The largest absolute Gasteiger partial charge is 0.382 e. The van der Waals surface area contributed by atoms with Crippen molar-refractivity contribution in [1.29, 1.82) is 0 Å². The van der Waals surface area contributed by atoms with Gasteiger partial charge >= 0.3 is 0 Å². The molecule has 1 aliphatic heterocycles. The molecular formula is C20H21N3. The summed E-state index contributed by atoms with van der Waals surface area (Å²) in [6.07, 6.45) is 3.16. The monoisotopic (exact) mass is 303 g/mol. The Bertz CT molecular complexity index is 918. The Hall–Kier alpha value is -2.68. The molecule has 0 spiro atoms. The van der Waals surface area contributed by atoms with Crippen LogP contribution in [0.25, 0.3) is 22.0 Å². The van der Waals surface area contributed by atoms with Crippen molar-refractivity contribution in [2.24, 2.45) is 7.05 Å². The van der Waals surface area contributed by atoms with Crippen molar-refractivity contribution in [3.8, 4) is 11.1 Å². The van der Waals surface area contributed by atoms with Gasteiger partial charge in [0, 0.05) is 53.9 Å². The Balaban J connectivity index is 1.96. The normalized spacial score (nSPS) is 14.1. The van der Waals surface area contributed by atoms with Crippen LogP contribution in [0.3, 0.4) is 0 Å². The average Bonchev–Trinajstić information content (AvgIpc) is 2.72. The van der Waals surface area contributed by atoms with E-state index < -0.39 is 0 Å². The van der Waals surface area contributed by atoms with E-state index in [1.807, 2.05) is 0 Å². The highest BCUT2D eigenvalue weighted by atomic mass is 15.0. The van der Waals surface area contributed by atoms with Crippen molar-refractivity contribution in [3.05, 3.63) is 60.4 Å². The van der Waals surface area contributed by atoms with Crippen molar-refractivity contribution in [2.45, 2.75) is 13.3 Å². The number of para-hydroxylation sites is 1. The van der Waals surface area contributed by atoms with Crippen LogP contribution in [-0.4, -0.2) is 11.1 Å². The number of benzene rings is 2. The van der Waals surface area contributed by atoms with Crippen molar-refractivity contribution in [1.82, 2.24) is 4.57 Å². The lowest BCUT2D eigenvalue weighted by Gasteiger charge is -2.13. The van der Waals surface area contributed by atoms with Crippen molar-refractivity contribution in [3.63, 3.8) is 0 Å². The Labute approximate surface area is 136 Å². The second-order valence-corrected chi connectivity index (χ2v) is 6.31. The summed E-state index contributed by atoms with van der Waals surface area (Å²) in [5.41, 5.74) is 8.38. The first-order chi connectivity index (χ1) is 11.1. The lowest BCUT2D eigenvalue weighted by Crippen LogP contribution is -2.00. The summed E-state index contributed by atoms with van der Waals surface area (Å²) in [6.45, 7) is 7.12. The minimum atomic E-state index is 0.903. The van der Waals surface area contributed by atoms with Crippen LogP contribution in [0.2, 0.25) is 0 Å². The van der Waals surface area contributed by atoms with Gasteiger partial charge in [0.2, 0.25) is 0 Å². The van der Waals surface area contributed by atoms with Crippen LogP contribution in [0, 0.1) is 6.92 Å². The second-order valence-electron chi connectivity index (χ2n) is 6.31. The molecule has 0 fully saturated rings. The van der Waals surface area contributed by atoms with Gasteiger partial charge in [-0.1, -0.05) is 30.8 Å². The molecule has 0 unspecified atom stereocenters. The third kappa shape index (κ3) is 2.29. The molecule has 0 saturated carbocycles. The van der Waals surface area contributed by atoms with Crippen LogP contribution in [0.4, 0.5) is 11.4 Å². The van der Waals surface area contributed by atoms with Gasteiger partial charge in [0.25, 0.3) is 0 Å². The van der Waals surface area contributed by atoms with Gasteiger partial charge in [-0.15, -0.1) is 0 Å². The quantitative estimate of drug-likeness (QED) is 0.670. The van der Waals surface area contributed by atoms with E-state index in [9.17, 15) is 0 Å². The van der Waals surface area contributed by atoms with Gasteiger partial charge in [0.1, 0.15) is 0 Å². The second kappa shape index (κ2) is 5.20. The number of rotatable bonds is 1. The van der Waals surface area contributed by atoms with Crippen LogP contribution in [-0.2, 0) is 7.05 Å². The van der Waals surface area contributed by atoms with Gasteiger partial charge < -0.3 is 15.2 Å². The molecule has 2 aromatic carbocycles. The van der Waals surface area contributed by atoms with E-state index in [0.29, 0.717) is 0 Å². The fraction of sp³-hybridized carbons (Fsp3) is 0.200. The van der Waals surface area contributed by atoms with Crippen LogP contribution in [0.5, 0.6) is 0 Å². The molecule has 1 aliphatic rings. The molecule has 0 aliphatic carbocycles. The van der Waals surface area contributed by atoms with E-state index in [1.54, 1.807) is 0 Å². The number of nitrogens with one attached hydrogen (secondary N) is 2. The highest BCUT2D eigenvalue weighted by Gasteiger charge is 2.17. The SMILES string of the molecule is C=C1CCNc2c(cccc2-c2cn(C)c3cc(C)ccc23)N1. The number of fused-ring (bicyclic) bond motifs is 2. The van der Waals surface area contributed by atoms with Gasteiger partial charge in [-0.3, -0.25) is 0 Å². The van der Waals surface area contributed by atoms with E-state index >= 15 is 0 Å². The molecule has 0 radical (unpaired) electrons. The Morgan fingerprint density at radius 1 is 1.13 bits per heavy atom. The topological polar surface area (TPSA) is 29.0 Å². The lowest BCUT2D eigenvalue weighted by molar-refractivity contribution is 0.969. The van der Waals surface area contributed by atoms with Gasteiger partial charge in [0.05, 0.1) is 11.4 Å². The fourth-order valence-corrected chi connectivity index (χ4v) is 3.37. The molecule has 0 amide bonds. The smallest absolute Gasteiger partial charge is 0.0659 e. The third-order valence-corrected chi connectivity index (χ3v) is 4.54. The summed E-state index contributed by atoms with van der Waals surface area (Å²) in [6, 6.07) is 13.1. The molecule has 2 heterocycles. The molecule has 2 N–H and O–H groups in total. The maximum Gasteiger partial charge on any atom is 0.0659 e. The van der Waals surface area contributed by atoms with E-state index in [-0.39, 0.29) is 0 Å².